The molecule has 6 rings (SSSR count). The third-order valence-corrected chi connectivity index (χ3v) is 9.39. The highest BCUT2D eigenvalue weighted by Crippen LogP contribution is 2.17. The van der Waals surface area contributed by atoms with Crippen molar-refractivity contribution in [2.45, 2.75) is 45.3 Å². The number of fused-ring (bicyclic) bond motifs is 2. The summed E-state index contributed by atoms with van der Waals surface area (Å²) in [5.74, 6) is -0.619. The van der Waals surface area contributed by atoms with Crippen LogP contribution in [-0.4, -0.2) is 139 Å². The number of hydrogen-bond donors (Lipinski definition) is 8. The first-order chi connectivity index (χ1) is 32.0. The fraction of sp³-hybridized carbons (Fsp3) is 0.419. The Labute approximate surface area is 413 Å². The molecule has 0 saturated carbocycles. The Morgan fingerprint density at radius 1 is 0.725 bits per heavy atom. The van der Waals surface area contributed by atoms with E-state index >= 15 is 0 Å². The summed E-state index contributed by atoms with van der Waals surface area (Å²) in [4.78, 5) is 87.6. The number of nitrogens with one attached hydrogen (secondary N) is 2. The van der Waals surface area contributed by atoms with Crippen LogP contribution >= 0.6 is 31.9 Å². The minimum Gasteiger partial charge on any atom is -0.497 e. The number of H-pyrrole nitrogens is 2. The molecule has 0 saturated heterocycles. The number of pyridine rings is 1. The highest BCUT2D eigenvalue weighted by atomic mass is 79.9. The summed E-state index contributed by atoms with van der Waals surface area (Å²) in [5, 5.41) is 32.2. The SMILES string of the molecule is CC(C)(N)CO.CC(C)(N)CO.COc1ccc(CN(CCN(C)C)c2ccccn2)cc1.Cn1c(=O)c2[nH]c(Br)nc2n(C)c1=O.Cn1c(=O)c2[nH]c(Br)nc2n(C)c1=O.O=C(O)/C=C\C(=O)O. The Hall–Kier alpha value is -6.29. The zero-order chi connectivity index (χ0) is 53.0. The third-order valence-electron chi connectivity index (χ3n) is 8.64. The van der Waals surface area contributed by atoms with Gasteiger partial charge in [0.2, 0.25) is 0 Å². The first kappa shape index (κ1) is 60.7. The molecule has 0 aliphatic heterocycles. The van der Waals surface area contributed by atoms with Crippen LogP contribution in [0.25, 0.3) is 22.3 Å². The minimum absolute atomic E-state index is 0.0486. The van der Waals surface area contributed by atoms with Gasteiger partial charge in [0.1, 0.15) is 11.6 Å². The molecule has 380 valence electrons. The highest BCUT2D eigenvalue weighted by molar-refractivity contribution is 9.10. The van der Waals surface area contributed by atoms with Gasteiger partial charge in [0.25, 0.3) is 11.1 Å². The van der Waals surface area contributed by atoms with Gasteiger partial charge < -0.3 is 56.4 Å². The van der Waals surface area contributed by atoms with Crippen LogP contribution in [0.1, 0.15) is 33.3 Å². The van der Waals surface area contributed by atoms with Crippen LogP contribution in [0.2, 0.25) is 0 Å². The van der Waals surface area contributed by atoms with Gasteiger partial charge in [0, 0.05) is 77.3 Å². The van der Waals surface area contributed by atoms with Crippen LogP contribution in [0.3, 0.4) is 0 Å². The zero-order valence-electron chi connectivity index (χ0n) is 40.4. The highest BCUT2D eigenvalue weighted by Gasteiger charge is 2.14. The van der Waals surface area contributed by atoms with E-state index in [0.29, 0.717) is 43.9 Å². The van der Waals surface area contributed by atoms with Crippen molar-refractivity contribution in [2.24, 2.45) is 39.7 Å². The summed E-state index contributed by atoms with van der Waals surface area (Å²) in [6.07, 6.45) is 2.96. The van der Waals surface area contributed by atoms with Crippen molar-refractivity contribution in [3.8, 4) is 5.75 Å². The van der Waals surface area contributed by atoms with Gasteiger partial charge >= 0.3 is 23.3 Å². The zero-order valence-corrected chi connectivity index (χ0v) is 43.6. The molecule has 1 aromatic carbocycles. The number of hydrogen-bond acceptors (Lipinski definition) is 16. The van der Waals surface area contributed by atoms with Crippen molar-refractivity contribution in [2.75, 3.05) is 52.4 Å². The molecular weight excluding hydrogens is 1030 g/mol. The quantitative estimate of drug-likeness (QED) is 0.0668. The number of rotatable bonds is 11. The Balaban J connectivity index is 0.000000441. The number of carbonyl (C=O) groups is 2. The number of aryl methyl sites for hydroxylation is 2. The van der Waals surface area contributed by atoms with Gasteiger partial charge in [-0.1, -0.05) is 18.2 Å². The van der Waals surface area contributed by atoms with Crippen molar-refractivity contribution in [3.63, 3.8) is 0 Å². The molecule has 0 amide bonds. The van der Waals surface area contributed by atoms with Crippen LogP contribution in [0, 0.1) is 0 Å². The second-order valence-corrected chi connectivity index (χ2v) is 17.9. The van der Waals surface area contributed by atoms with Crippen molar-refractivity contribution in [1.29, 1.82) is 0 Å². The van der Waals surface area contributed by atoms with Gasteiger partial charge in [0.05, 0.1) is 20.3 Å². The average Bonchev–Trinajstić information content (AvgIpc) is 3.90. The molecule has 0 unspecified atom stereocenters. The van der Waals surface area contributed by atoms with Gasteiger partial charge in [-0.05, 0) is 103 Å². The Morgan fingerprint density at radius 2 is 1.13 bits per heavy atom. The fourth-order valence-electron chi connectivity index (χ4n) is 4.83. The maximum atomic E-state index is 11.6. The second kappa shape index (κ2) is 28.3. The van der Waals surface area contributed by atoms with Gasteiger partial charge in [-0.2, -0.15) is 0 Å². The monoisotopic (exact) mass is 1100 g/mol. The minimum atomic E-state index is -1.26. The summed E-state index contributed by atoms with van der Waals surface area (Å²) < 4.78 is 10.8. The number of halogens is 2. The molecule has 24 nitrogen and oxygen atoms in total. The van der Waals surface area contributed by atoms with Crippen LogP contribution in [0.5, 0.6) is 5.75 Å². The van der Waals surface area contributed by atoms with Crippen molar-refractivity contribution in [3.05, 3.63) is 118 Å². The molecule has 5 aromatic heterocycles. The van der Waals surface area contributed by atoms with Crippen molar-refractivity contribution < 1.29 is 34.8 Å². The molecule has 0 fully saturated rings. The molecule has 6 aromatic rings. The van der Waals surface area contributed by atoms with Crippen LogP contribution in [0.4, 0.5) is 5.82 Å². The van der Waals surface area contributed by atoms with Gasteiger partial charge in [0.15, 0.2) is 31.8 Å². The number of aliphatic hydroxyl groups is 2. The number of imidazole rings is 2. The molecule has 0 spiro atoms. The van der Waals surface area contributed by atoms with Gasteiger partial charge in [-0.15, -0.1) is 0 Å². The number of nitrogens with zero attached hydrogens (tertiary/aromatic N) is 9. The van der Waals surface area contributed by atoms with Crippen LogP contribution in [-0.2, 0) is 44.3 Å². The molecule has 0 aliphatic rings. The summed E-state index contributed by atoms with van der Waals surface area (Å²) in [6, 6.07) is 14.2. The predicted octanol–water partition coefficient (Wildman–Crippen LogP) is 1.25. The predicted molar refractivity (Wildman–Crippen MR) is 271 cm³/mol. The Bertz CT molecular complexity index is 2700. The normalized spacial score (nSPS) is 10.9. The number of anilines is 1. The molecule has 5 heterocycles. The van der Waals surface area contributed by atoms with Crippen LogP contribution < -0.4 is 43.6 Å². The van der Waals surface area contributed by atoms with E-state index in [9.17, 15) is 28.8 Å². The lowest BCUT2D eigenvalue weighted by Gasteiger charge is -2.25. The van der Waals surface area contributed by atoms with E-state index in [0.717, 1.165) is 40.3 Å². The van der Waals surface area contributed by atoms with E-state index in [4.69, 9.17) is 36.6 Å². The number of carboxylic acids is 2. The Morgan fingerprint density at radius 3 is 1.45 bits per heavy atom. The summed E-state index contributed by atoms with van der Waals surface area (Å²) in [6.45, 7) is 9.96. The van der Waals surface area contributed by atoms with Crippen molar-refractivity contribution in [1.82, 2.24) is 48.1 Å². The lowest BCUT2D eigenvalue weighted by atomic mass is 10.1. The van der Waals surface area contributed by atoms with E-state index in [-0.39, 0.29) is 35.7 Å². The summed E-state index contributed by atoms with van der Waals surface area (Å²) in [7, 11) is 11.9. The molecule has 69 heavy (non-hydrogen) atoms. The first-order valence-corrected chi connectivity index (χ1v) is 22.1. The number of methoxy groups -OCH3 is 1. The number of carboxylic acid groups (broad SMARTS) is 2. The number of likely N-dealkylation sites (N-methyl/N-ethyl adjacent to an activating group) is 1. The number of ether oxygens (including phenoxy) is 1. The number of aromatic amines is 2. The number of benzene rings is 1. The molecule has 10 N–H and O–H groups in total. The lowest BCUT2D eigenvalue weighted by molar-refractivity contribution is -0.134. The van der Waals surface area contributed by atoms with E-state index in [1.165, 1.54) is 28.8 Å². The van der Waals surface area contributed by atoms with Crippen LogP contribution in [0.15, 0.2) is 89.5 Å². The largest absolute Gasteiger partial charge is 0.497 e. The third kappa shape index (κ3) is 21.3. The smallest absolute Gasteiger partial charge is 0.332 e. The number of aliphatic hydroxyl groups excluding tert-OH is 2. The molecule has 0 bridgehead atoms. The molecule has 0 atom stereocenters. The van der Waals surface area contributed by atoms with E-state index < -0.39 is 23.0 Å². The topological polar surface area (TPSA) is 341 Å². The maximum Gasteiger partial charge on any atom is 0.332 e. The van der Waals surface area contributed by atoms with E-state index in [1.54, 1.807) is 48.9 Å². The van der Waals surface area contributed by atoms with E-state index in [1.807, 2.05) is 30.5 Å². The number of aromatic nitrogens is 9. The number of nitrogens with two attached hydrogens (primary N) is 2. The molecular formula is C43H63Br2N13O11. The van der Waals surface area contributed by atoms with E-state index in [2.05, 4.69) is 98.9 Å². The maximum absolute atomic E-state index is 11.6. The molecule has 26 heteroatoms. The fourth-order valence-corrected chi connectivity index (χ4v) is 5.56. The summed E-state index contributed by atoms with van der Waals surface area (Å²) in [5.41, 5.74) is 10.8. The average molecular weight is 1100 g/mol. The second-order valence-electron chi connectivity index (χ2n) is 16.4. The lowest BCUT2D eigenvalue weighted by Crippen LogP contribution is -2.36. The molecule has 0 aliphatic carbocycles. The molecule has 0 radical (unpaired) electrons. The van der Waals surface area contributed by atoms with Crippen molar-refractivity contribution >= 4 is 71.9 Å². The summed E-state index contributed by atoms with van der Waals surface area (Å²) >= 11 is 6.22. The Kier molecular flexibility index (Phi) is 24.9. The van der Waals surface area contributed by atoms with Gasteiger partial charge in [-0.25, -0.2) is 34.1 Å². The standard InChI is InChI=1S/C17H23N3O.2C7H7BrN4O2.2C4H11NO.C4H4O4/c1-19(2)12-13-20(17-6-4-5-11-18-17)14-15-7-9-16(21-3)10-8-15;2*1-11-4-3(9-6(8)10-4)5(13)12(2)7(11)14;2*1-4(2,5)3-6;5-3(6)1-2-4(7)8/h4-11H,12-14H2,1-3H3;2*1-2H3,(H,9,10);2*6H,3,5H2,1-2H3;1-2H,(H,5,6)(H,7,8)/b;;;;;2-1-. The van der Waals surface area contributed by atoms with Gasteiger partial charge in [-0.3, -0.25) is 27.9 Å². The number of aliphatic carboxylic acids is 2. The first-order valence-electron chi connectivity index (χ1n) is 20.5.